The fourth-order valence-corrected chi connectivity index (χ4v) is 0.773. The molecule has 0 unspecified atom stereocenters. The summed E-state index contributed by atoms with van der Waals surface area (Å²) < 4.78 is 12.7. The molecule has 0 aliphatic carbocycles. The molecule has 1 rings (SSSR count). The molecule has 0 radical (unpaired) electrons. The Balaban J connectivity index is 3.00. The SMILES string of the molecule is NOCc1c(O)cccc1F. The minimum atomic E-state index is -0.518. The van der Waals surface area contributed by atoms with Crippen molar-refractivity contribution in [2.45, 2.75) is 6.61 Å². The molecule has 0 saturated heterocycles. The van der Waals surface area contributed by atoms with E-state index < -0.39 is 5.82 Å². The number of phenolic OH excluding ortho intramolecular Hbond substituents is 1. The molecule has 0 amide bonds. The summed E-state index contributed by atoms with van der Waals surface area (Å²) in [7, 11) is 0. The molecule has 0 atom stereocenters. The molecular formula is C7H8FNO2. The van der Waals surface area contributed by atoms with Crippen LogP contribution in [0, 0.1) is 5.82 Å². The summed E-state index contributed by atoms with van der Waals surface area (Å²) in [4.78, 5) is 4.19. The number of benzene rings is 1. The molecule has 0 aliphatic rings. The van der Waals surface area contributed by atoms with E-state index in [9.17, 15) is 4.39 Å². The standard InChI is InChI=1S/C7H8FNO2/c8-6-2-1-3-7(10)5(6)4-11-9/h1-3,10H,4,9H2. The maximum Gasteiger partial charge on any atom is 0.132 e. The smallest absolute Gasteiger partial charge is 0.132 e. The quantitative estimate of drug-likeness (QED) is 0.627. The van der Waals surface area contributed by atoms with Crippen LogP contribution in [0.3, 0.4) is 0 Å². The highest BCUT2D eigenvalue weighted by Gasteiger charge is 2.05. The van der Waals surface area contributed by atoms with E-state index >= 15 is 0 Å². The molecule has 0 bridgehead atoms. The largest absolute Gasteiger partial charge is 0.507 e. The maximum atomic E-state index is 12.7. The van der Waals surface area contributed by atoms with E-state index in [4.69, 9.17) is 11.0 Å². The lowest BCUT2D eigenvalue weighted by Gasteiger charge is -2.02. The summed E-state index contributed by atoms with van der Waals surface area (Å²) in [5.41, 5.74) is 0.0787. The van der Waals surface area contributed by atoms with Crippen LogP contribution in [0.4, 0.5) is 4.39 Å². The van der Waals surface area contributed by atoms with E-state index in [-0.39, 0.29) is 17.9 Å². The van der Waals surface area contributed by atoms with Crippen molar-refractivity contribution in [3.05, 3.63) is 29.6 Å². The number of hydrogen-bond acceptors (Lipinski definition) is 3. The number of halogens is 1. The third-order valence-corrected chi connectivity index (χ3v) is 1.32. The van der Waals surface area contributed by atoms with Crippen molar-refractivity contribution in [3.8, 4) is 5.75 Å². The molecule has 3 nitrogen and oxygen atoms in total. The van der Waals surface area contributed by atoms with Gasteiger partial charge >= 0.3 is 0 Å². The zero-order chi connectivity index (χ0) is 8.27. The molecule has 0 fully saturated rings. The molecule has 1 aromatic carbocycles. The Hall–Kier alpha value is -1.13. The molecule has 0 aromatic heterocycles. The van der Waals surface area contributed by atoms with E-state index in [1.54, 1.807) is 0 Å². The van der Waals surface area contributed by atoms with Gasteiger partial charge in [-0.05, 0) is 12.1 Å². The topological polar surface area (TPSA) is 55.5 Å². The van der Waals surface area contributed by atoms with Gasteiger partial charge in [-0.1, -0.05) is 6.07 Å². The first kappa shape index (κ1) is 7.97. The highest BCUT2D eigenvalue weighted by molar-refractivity contribution is 5.32. The van der Waals surface area contributed by atoms with Crippen molar-refractivity contribution in [2.75, 3.05) is 0 Å². The van der Waals surface area contributed by atoms with Crippen molar-refractivity contribution in [1.82, 2.24) is 0 Å². The van der Waals surface area contributed by atoms with Crippen molar-refractivity contribution < 1.29 is 14.3 Å². The van der Waals surface area contributed by atoms with Crippen molar-refractivity contribution in [3.63, 3.8) is 0 Å². The van der Waals surface area contributed by atoms with Crippen molar-refractivity contribution >= 4 is 0 Å². The number of phenols is 1. The second-order valence-corrected chi connectivity index (χ2v) is 2.05. The fourth-order valence-electron chi connectivity index (χ4n) is 0.773. The summed E-state index contributed by atoms with van der Waals surface area (Å²) in [6, 6.07) is 4.01. The van der Waals surface area contributed by atoms with Gasteiger partial charge < -0.3 is 5.11 Å². The van der Waals surface area contributed by atoms with Gasteiger partial charge in [0.05, 0.1) is 12.2 Å². The van der Waals surface area contributed by atoms with E-state index in [1.807, 2.05) is 0 Å². The highest BCUT2D eigenvalue weighted by Crippen LogP contribution is 2.19. The predicted octanol–water partition coefficient (Wildman–Crippen LogP) is 0.922. The first-order chi connectivity index (χ1) is 5.25. The van der Waals surface area contributed by atoms with E-state index in [0.717, 1.165) is 0 Å². The van der Waals surface area contributed by atoms with Gasteiger partial charge in [0.15, 0.2) is 0 Å². The summed E-state index contributed by atoms with van der Waals surface area (Å²) in [6.07, 6.45) is 0. The second kappa shape index (κ2) is 3.32. The fraction of sp³-hybridized carbons (Fsp3) is 0.143. The Morgan fingerprint density at radius 2 is 2.27 bits per heavy atom. The number of rotatable bonds is 2. The molecule has 0 spiro atoms. The van der Waals surface area contributed by atoms with Gasteiger partial charge in [0, 0.05) is 0 Å². The average molecular weight is 157 g/mol. The van der Waals surface area contributed by atoms with Crippen LogP contribution in [0.15, 0.2) is 18.2 Å². The maximum absolute atomic E-state index is 12.7. The third kappa shape index (κ3) is 1.66. The van der Waals surface area contributed by atoms with Gasteiger partial charge in [-0.2, -0.15) is 0 Å². The molecule has 3 N–H and O–H groups in total. The number of nitrogens with two attached hydrogens (primary N) is 1. The Morgan fingerprint density at radius 3 is 2.82 bits per heavy atom. The van der Waals surface area contributed by atoms with Gasteiger partial charge in [0.1, 0.15) is 11.6 Å². The van der Waals surface area contributed by atoms with Gasteiger partial charge in [-0.15, -0.1) is 0 Å². The Morgan fingerprint density at radius 1 is 1.55 bits per heavy atom. The zero-order valence-electron chi connectivity index (χ0n) is 5.75. The minimum absolute atomic E-state index is 0.0787. The Bertz CT molecular complexity index is 232. The Kier molecular flexibility index (Phi) is 2.40. The molecule has 1 aromatic rings. The lowest BCUT2D eigenvalue weighted by atomic mass is 10.2. The van der Waals surface area contributed by atoms with Gasteiger partial charge in [0.25, 0.3) is 0 Å². The van der Waals surface area contributed by atoms with Crippen LogP contribution in [-0.4, -0.2) is 5.11 Å². The molecule has 60 valence electrons. The first-order valence-electron chi connectivity index (χ1n) is 3.03. The summed E-state index contributed by atoms with van der Waals surface area (Å²) >= 11 is 0. The second-order valence-electron chi connectivity index (χ2n) is 2.05. The normalized spacial score (nSPS) is 10.0. The summed E-state index contributed by atoms with van der Waals surface area (Å²) in [5.74, 6) is 4.06. The molecule has 4 heteroatoms. The predicted molar refractivity (Wildman–Crippen MR) is 37.0 cm³/mol. The van der Waals surface area contributed by atoms with Crippen LogP contribution in [0.2, 0.25) is 0 Å². The van der Waals surface area contributed by atoms with Crippen molar-refractivity contribution in [1.29, 1.82) is 0 Å². The van der Waals surface area contributed by atoms with Gasteiger partial charge in [-0.25, -0.2) is 10.3 Å². The van der Waals surface area contributed by atoms with Crippen LogP contribution in [-0.2, 0) is 11.4 Å². The lowest BCUT2D eigenvalue weighted by molar-refractivity contribution is 0.119. The third-order valence-electron chi connectivity index (χ3n) is 1.32. The van der Waals surface area contributed by atoms with E-state index in [2.05, 4.69) is 4.84 Å². The van der Waals surface area contributed by atoms with Crippen LogP contribution in [0.25, 0.3) is 0 Å². The van der Waals surface area contributed by atoms with Crippen LogP contribution < -0.4 is 5.90 Å². The first-order valence-corrected chi connectivity index (χ1v) is 3.03. The van der Waals surface area contributed by atoms with Crippen molar-refractivity contribution in [2.24, 2.45) is 5.90 Å². The lowest BCUT2D eigenvalue weighted by Crippen LogP contribution is -2.01. The number of hydrogen-bond donors (Lipinski definition) is 2. The molecule has 11 heavy (non-hydrogen) atoms. The summed E-state index contributed by atoms with van der Waals surface area (Å²) in [6.45, 7) is -0.126. The molecule has 0 saturated carbocycles. The zero-order valence-corrected chi connectivity index (χ0v) is 5.75. The van der Waals surface area contributed by atoms with Crippen LogP contribution in [0.1, 0.15) is 5.56 Å². The Labute approximate surface area is 63.2 Å². The minimum Gasteiger partial charge on any atom is -0.507 e. The summed E-state index contributed by atoms with van der Waals surface area (Å²) in [5, 5.41) is 9.05. The monoisotopic (exact) mass is 157 g/mol. The molecular weight excluding hydrogens is 149 g/mol. The highest BCUT2D eigenvalue weighted by atomic mass is 19.1. The van der Waals surface area contributed by atoms with Gasteiger partial charge in [-0.3, -0.25) is 4.84 Å². The average Bonchev–Trinajstić information content (AvgIpc) is 1.97. The van der Waals surface area contributed by atoms with E-state index in [0.29, 0.717) is 0 Å². The van der Waals surface area contributed by atoms with Crippen LogP contribution >= 0.6 is 0 Å². The molecule has 0 aliphatic heterocycles. The van der Waals surface area contributed by atoms with Gasteiger partial charge in [0.2, 0.25) is 0 Å². The van der Waals surface area contributed by atoms with Crippen LogP contribution in [0.5, 0.6) is 5.75 Å². The molecule has 0 heterocycles. The number of aromatic hydroxyl groups is 1. The van der Waals surface area contributed by atoms with E-state index in [1.165, 1.54) is 18.2 Å².